The molecule has 2 amide bonds. The molecule has 0 saturated heterocycles. The Morgan fingerprint density at radius 2 is 1.71 bits per heavy atom. The van der Waals surface area contributed by atoms with Gasteiger partial charge in [0.05, 0.1) is 0 Å². The van der Waals surface area contributed by atoms with Gasteiger partial charge in [-0.1, -0.05) is 32.0 Å². The zero-order valence-corrected chi connectivity index (χ0v) is 19.1. The van der Waals surface area contributed by atoms with E-state index in [-0.39, 0.29) is 36.8 Å². The van der Waals surface area contributed by atoms with Crippen molar-refractivity contribution in [3.63, 3.8) is 0 Å². The van der Waals surface area contributed by atoms with Gasteiger partial charge in [0.15, 0.2) is 6.61 Å². The maximum absolute atomic E-state index is 13.3. The number of rotatable bonds is 10. The minimum absolute atomic E-state index is 0.0103. The lowest BCUT2D eigenvalue weighted by molar-refractivity contribution is -0.143. The van der Waals surface area contributed by atoms with Gasteiger partial charge in [-0.15, -0.1) is 0 Å². The number of amides is 2. The minimum atomic E-state index is -0.644. The van der Waals surface area contributed by atoms with Crippen LogP contribution in [0.3, 0.4) is 0 Å². The van der Waals surface area contributed by atoms with Crippen LogP contribution in [-0.4, -0.2) is 35.4 Å². The number of nitrogens with one attached hydrogen (secondary N) is 1. The number of hydrogen-bond donors (Lipinski definition) is 1. The summed E-state index contributed by atoms with van der Waals surface area (Å²) in [6.45, 7) is 9.80. The zero-order valence-electron chi connectivity index (χ0n) is 19.1. The zero-order chi connectivity index (χ0) is 23.0. The largest absolute Gasteiger partial charge is 0.484 e. The molecule has 5 nitrogen and oxygen atoms in total. The summed E-state index contributed by atoms with van der Waals surface area (Å²) in [6.07, 6.45) is 1.25. The van der Waals surface area contributed by atoms with Crippen molar-refractivity contribution >= 4 is 11.8 Å². The summed E-state index contributed by atoms with van der Waals surface area (Å²) < 4.78 is 19.1. The van der Waals surface area contributed by atoms with Crippen LogP contribution in [0.5, 0.6) is 5.75 Å². The number of carbonyl (C=O) groups is 2. The fourth-order valence-corrected chi connectivity index (χ4v) is 3.18. The van der Waals surface area contributed by atoms with Crippen LogP contribution < -0.4 is 10.1 Å². The maximum atomic E-state index is 13.3. The molecule has 0 aromatic heterocycles. The minimum Gasteiger partial charge on any atom is -0.484 e. The number of carbonyl (C=O) groups excluding carboxylic acids is 2. The summed E-state index contributed by atoms with van der Waals surface area (Å²) >= 11 is 0. The van der Waals surface area contributed by atoms with Crippen LogP contribution in [0.4, 0.5) is 4.39 Å². The molecule has 0 spiro atoms. The third-order valence-electron chi connectivity index (χ3n) is 5.49. The second-order valence-electron chi connectivity index (χ2n) is 7.92. The fourth-order valence-electron chi connectivity index (χ4n) is 3.18. The highest BCUT2D eigenvalue weighted by Gasteiger charge is 2.29. The molecule has 2 rings (SSSR count). The predicted octanol–water partition coefficient (Wildman–Crippen LogP) is 4.54. The van der Waals surface area contributed by atoms with Crippen LogP contribution in [0.15, 0.2) is 42.5 Å². The number of aryl methyl sites for hydroxylation is 2. The highest BCUT2D eigenvalue weighted by atomic mass is 19.1. The first-order valence-electron chi connectivity index (χ1n) is 10.8. The standard InChI is InChI=1S/C25H33FN2O3/c1-6-19(5)27-25(30)23(7-2)28(15-20-9-11-21(26)12-10-20)24(29)16-31-22-13-8-17(3)18(4)14-22/h8-14,19,23H,6-7,15-16H2,1-5H3,(H,27,30)/t19-,23-/m0/s1. The maximum Gasteiger partial charge on any atom is 0.261 e. The van der Waals surface area contributed by atoms with Crippen LogP contribution >= 0.6 is 0 Å². The second kappa shape index (κ2) is 11.5. The van der Waals surface area contributed by atoms with E-state index in [1.807, 2.05) is 52.8 Å². The molecule has 2 aromatic carbocycles. The monoisotopic (exact) mass is 428 g/mol. The Balaban J connectivity index is 2.21. The van der Waals surface area contributed by atoms with Crippen molar-refractivity contribution < 1.29 is 18.7 Å². The predicted molar refractivity (Wildman–Crippen MR) is 120 cm³/mol. The van der Waals surface area contributed by atoms with E-state index in [0.29, 0.717) is 12.2 Å². The van der Waals surface area contributed by atoms with Crippen LogP contribution in [0.1, 0.15) is 50.3 Å². The Labute approximate surface area is 184 Å². The van der Waals surface area contributed by atoms with E-state index in [4.69, 9.17) is 4.74 Å². The molecular formula is C25H33FN2O3. The van der Waals surface area contributed by atoms with Crippen molar-refractivity contribution in [1.82, 2.24) is 10.2 Å². The number of hydrogen-bond acceptors (Lipinski definition) is 3. The molecule has 0 fully saturated rings. The molecule has 1 N–H and O–H groups in total. The lowest BCUT2D eigenvalue weighted by atomic mass is 10.1. The Morgan fingerprint density at radius 3 is 2.29 bits per heavy atom. The number of benzene rings is 2. The lowest BCUT2D eigenvalue weighted by Gasteiger charge is -2.31. The molecule has 6 heteroatoms. The molecule has 0 unspecified atom stereocenters. The summed E-state index contributed by atoms with van der Waals surface area (Å²) in [4.78, 5) is 27.6. The van der Waals surface area contributed by atoms with E-state index in [1.165, 1.54) is 17.0 Å². The average Bonchev–Trinajstić information content (AvgIpc) is 2.75. The molecule has 0 radical (unpaired) electrons. The van der Waals surface area contributed by atoms with Gasteiger partial charge in [0.2, 0.25) is 5.91 Å². The first kappa shape index (κ1) is 24.4. The molecule has 0 saturated carbocycles. The van der Waals surface area contributed by atoms with E-state index < -0.39 is 6.04 Å². The molecule has 0 aliphatic heterocycles. The first-order valence-corrected chi connectivity index (χ1v) is 10.8. The van der Waals surface area contributed by atoms with Gasteiger partial charge in [-0.05, 0) is 74.6 Å². The van der Waals surface area contributed by atoms with Gasteiger partial charge >= 0.3 is 0 Å². The van der Waals surface area contributed by atoms with Gasteiger partial charge in [-0.3, -0.25) is 9.59 Å². The number of ether oxygens (including phenoxy) is 1. The van der Waals surface area contributed by atoms with Crippen LogP contribution in [0.25, 0.3) is 0 Å². The molecule has 0 bridgehead atoms. The fraction of sp³-hybridized carbons (Fsp3) is 0.440. The van der Waals surface area contributed by atoms with Gasteiger partial charge in [0, 0.05) is 12.6 Å². The van der Waals surface area contributed by atoms with Crippen LogP contribution in [-0.2, 0) is 16.1 Å². The Kier molecular flexibility index (Phi) is 9.03. The van der Waals surface area contributed by atoms with Crippen molar-refractivity contribution in [1.29, 1.82) is 0 Å². The van der Waals surface area contributed by atoms with Crippen molar-refractivity contribution in [3.8, 4) is 5.75 Å². The molecule has 31 heavy (non-hydrogen) atoms. The Bertz CT molecular complexity index is 883. The van der Waals surface area contributed by atoms with Gasteiger partial charge in [0.1, 0.15) is 17.6 Å². The van der Waals surface area contributed by atoms with Crippen molar-refractivity contribution in [3.05, 3.63) is 65.0 Å². The van der Waals surface area contributed by atoms with Crippen LogP contribution in [0.2, 0.25) is 0 Å². The molecule has 0 heterocycles. The lowest BCUT2D eigenvalue weighted by Crippen LogP contribution is -2.51. The highest BCUT2D eigenvalue weighted by molar-refractivity contribution is 5.88. The normalized spacial score (nSPS) is 12.7. The number of nitrogens with zero attached hydrogens (tertiary/aromatic N) is 1. The van der Waals surface area contributed by atoms with E-state index in [1.54, 1.807) is 12.1 Å². The molecule has 2 atom stereocenters. The molecule has 0 aliphatic carbocycles. The summed E-state index contributed by atoms with van der Waals surface area (Å²) in [5.74, 6) is -0.233. The summed E-state index contributed by atoms with van der Waals surface area (Å²) in [5, 5.41) is 2.96. The first-order chi connectivity index (χ1) is 14.7. The van der Waals surface area contributed by atoms with Gasteiger partial charge in [0.25, 0.3) is 5.91 Å². The topological polar surface area (TPSA) is 58.6 Å². The Morgan fingerprint density at radius 1 is 1.03 bits per heavy atom. The van der Waals surface area contributed by atoms with E-state index >= 15 is 0 Å². The van der Waals surface area contributed by atoms with E-state index in [9.17, 15) is 14.0 Å². The number of halogens is 1. The quantitative estimate of drug-likeness (QED) is 0.604. The van der Waals surface area contributed by atoms with E-state index in [2.05, 4.69) is 5.32 Å². The summed E-state index contributed by atoms with van der Waals surface area (Å²) in [7, 11) is 0. The van der Waals surface area contributed by atoms with Crippen molar-refractivity contribution in [2.45, 2.75) is 66.1 Å². The molecule has 0 aliphatic rings. The van der Waals surface area contributed by atoms with Crippen LogP contribution in [0, 0.1) is 19.7 Å². The SMILES string of the molecule is CC[C@H](C)NC(=O)[C@H](CC)N(Cc1ccc(F)cc1)C(=O)COc1ccc(C)c(C)c1. The highest BCUT2D eigenvalue weighted by Crippen LogP contribution is 2.18. The smallest absolute Gasteiger partial charge is 0.261 e. The second-order valence-corrected chi connectivity index (χ2v) is 7.92. The van der Waals surface area contributed by atoms with Gasteiger partial charge in [-0.2, -0.15) is 0 Å². The summed E-state index contributed by atoms with van der Waals surface area (Å²) in [6, 6.07) is 11.0. The molecule has 2 aromatic rings. The van der Waals surface area contributed by atoms with E-state index in [0.717, 1.165) is 23.1 Å². The van der Waals surface area contributed by atoms with Crippen molar-refractivity contribution in [2.24, 2.45) is 0 Å². The molecule has 168 valence electrons. The molecular weight excluding hydrogens is 395 g/mol. The third-order valence-corrected chi connectivity index (χ3v) is 5.49. The third kappa shape index (κ3) is 7.09. The average molecular weight is 429 g/mol. The Hall–Kier alpha value is -2.89. The van der Waals surface area contributed by atoms with Gasteiger partial charge in [-0.25, -0.2) is 4.39 Å². The summed E-state index contributed by atoms with van der Waals surface area (Å²) in [5.41, 5.74) is 2.97. The van der Waals surface area contributed by atoms with Crippen molar-refractivity contribution in [2.75, 3.05) is 6.61 Å². The van der Waals surface area contributed by atoms with Gasteiger partial charge < -0.3 is 15.0 Å².